The molecule has 1 unspecified atom stereocenters. The number of hydrogen-bond acceptors (Lipinski definition) is 7. The summed E-state index contributed by atoms with van der Waals surface area (Å²) in [6.45, 7) is 4.95. The number of nitrogens with one attached hydrogen (secondary N) is 1. The molecule has 180 valence electrons. The van der Waals surface area contributed by atoms with Crippen LogP contribution in [0, 0.1) is 13.8 Å². The second-order valence-electron chi connectivity index (χ2n) is 8.62. The van der Waals surface area contributed by atoms with E-state index in [1.807, 2.05) is 31.2 Å². The van der Waals surface area contributed by atoms with Gasteiger partial charge in [-0.1, -0.05) is 36.0 Å². The first kappa shape index (κ1) is 23.0. The van der Waals surface area contributed by atoms with Crippen molar-refractivity contribution in [2.45, 2.75) is 44.6 Å². The largest absolute Gasteiger partial charge is 0.354 e. The van der Waals surface area contributed by atoms with Crippen molar-refractivity contribution in [2.75, 3.05) is 12.3 Å². The first-order valence-electron chi connectivity index (χ1n) is 11.4. The molecule has 1 amide bonds. The first-order valence-corrected chi connectivity index (χ1v) is 12.3. The summed E-state index contributed by atoms with van der Waals surface area (Å²) in [6.07, 6.45) is 3.26. The van der Waals surface area contributed by atoms with Crippen LogP contribution in [0.3, 0.4) is 0 Å². The highest BCUT2D eigenvalue weighted by molar-refractivity contribution is 7.99. The standard InChI is InChI=1S/C24H25N7O3S/c1-15-5-3-4-6-17(15)12-29-14-26-22-19(23(29)34)11-27-30(22)8-7-25-20(32)10-18-13-35-24-28-16(2)9-21(33)31(18)24/h3-6,9,11,14,18H,7-8,10,12-13H2,1-2H3,(H,25,32). The van der Waals surface area contributed by atoms with E-state index >= 15 is 0 Å². The van der Waals surface area contributed by atoms with Gasteiger partial charge in [-0.15, -0.1) is 0 Å². The zero-order chi connectivity index (χ0) is 24.5. The van der Waals surface area contributed by atoms with E-state index in [9.17, 15) is 14.4 Å². The lowest BCUT2D eigenvalue weighted by molar-refractivity contribution is -0.121. The maximum atomic E-state index is 12.9. The van der Waals surface area contributed by atoms with Gasteiger partial charge in [0.25, 0.3) is 11.1 Å². The van der Waals surface area contributed by atoms with Crippen LogP contribution in [0.15, 0.2) is 57.6 Å². The molecule has 4 aromatic rings. The molecule has 0 aliphatic carbocycles. The normalized spacial score (nSPS) is 14.9. The van der Waals surface area contributed by atoms with Gasteiger partial charge >= 0.3 is 0 Å². The molecule has 0 saturated carbocycles. The van der Waals surface area contributed by atoms with E-state index in [2.05, 4.69) is 20.4 Å². The van der Waals surface area contributed by atoms with Crippen molar-refractivity contribution in [2.24, 2.45) is 0 Å². The van der Waals surface area contributed by atoms with E-state index in [1.54, 1.807) is 20.7 Å². The third-order valence-corrected chi connectivity index (χ3v) is 7.21. The molecular formula is C24H25N7O3S. The van der Waals surface area contributed by atoms with Gasteiger partial charge in [0.05, 0.1) is 25.3 Å². The van der Waals surface area contributed by atoms with Gasteiger partial charge in [-0.25, -0.2) is 14.6 Å². The average molecular weight is 492 g/mol. The van der Waals surface area contributed by atoms with Crippen LogP contribution in [-0.2, 0) is 17.9 Å². The second-order valence-corrected chi connectivity index (χ2v) is 9.60. The molecule has 1 atom stereocenters. The third kappa shape index (κ3) is 4.63. The van der Waals surface area contributed by atoms with Crippen molar-refractivity contribution in [1.29, 1.82) is 0 Å². The molecule has 5 rings (SSSR count). The van der Waals surface area contributed by atoms with Crippen LogP contribution in [-0.4, -0.2) is 47.1 Å². The molecule has 10 nitrogen and oxygen atoms in total. The first-order chi connectivity index (χ1) is 16.9. The highest BCUT2D eigenvalue weighted by Crippen LogP contribution is 2.31. The van der Waals surface area contributed by atoms with Gasteiger partial charge in [0.15, 0.2) is 10.8 Å². The molecule has 0 radical (unpaired) electrons. The van der Waals surface area contributed by atoms with E-state index in [0.29, 0.717) is 47.3 Å². The van der Waals surface area contributed by atoms with E-state index < -0.39 is 0 Å². The number of carbonyl (C=O) groups is 1. The third-order valence-electron chi connectivity index (χ3n) is 6.11. The number of hydrogen-bond donors (Lipinski definition) is 1. The molecule has 0 bridgehead atoms. The second kappa shape index (κ2) is 9.49. The van der Waals surface area contributed by atoms with Crippen molar-refractivity contribution >= 4 is 28.7 Å². The molecule has 4 heterocycles. The molecule has 1 aliphatic heterocycles. The highest BCUT2D eigenvalue weighted by Gasteiger charge is 2.27. The summed E-state index contributed by atoms with van der Waals surface area (Å²) in [5, 5.41) is 8.29. The van der Waals surface area contributed by atoms with E-state index in [-0.39, 0.29) is 29.5 Å². The Morgan fingerprint density at radius 3 is 2.89 bits per heavy atom. The van der Waals surface area contributed by atoms with Crippen LogP contribution in [0.1, 0.15) is 29.3 Å². The lowest BCUT2D eigenvalue weighted by Crippen LogP contribution is -2.32. The number of aryl methyl sites for hydroxylation is 2. The number of rotatable bonds is 7. The van der Waals surface area contributed by atoms with Crippen LogP contribution < -0.4 is 16.4 Å². The number of fused-ring (bicyclic) bond motifs is 2. The lowest BCUT2D eigenvalue weighted by Gasteiger charge is -2.13. The van der Waals surface area contributed by atoms with Crippen LogP contribution in [0.4, 0.5) is 0 Å². The quantitative estimate of drug-likeness (QED) is 0.391. The van der Waals surface area contributed by atoms with Crippen molar-refractivity contribution in [3.63, 3.8) is 0 Å². The zero-order valence-corrected chi connectivity index (χ0v) is 20.3. The predicted octanol–water partition coefficient (Wildman–Crippen LogP) is 1.67. The Bertz CT molecular complexity index is 1540. The summed E-state index contributed by atoms with van der Waals surface area (Å²) >= 11 is 1.49. The van der Waals surface area contributed by atoms with Crippen LogP contribution in [0.25, 0.3) is 11.0 Å². The van der Waals surface area contributed by atoms with E-state index in [4.69, 9.17) is 0 Å². The minimum atomic E-state index is -0.213. The van der Waals surface area contributed by atoms with Gasteiger partial charge in [0, 0.05) is 30.5 Å². The fourth-order valence-corrected chi connectivity index (χ4v) is 5.44. The fourth-order valence-electron chi connectivity index (χ4n) is 4.25. The molecule has 1 aromatic carbocycles. The summed E-state index contributed by atoms with van der Waals surface area (Å²) in [6, 6.07) is 9.20. The van der Waals surface area contributed by atoms with Crippen molar-refractivity contribution < 1.29 is 4.79 Å². The Labute approximate surface area is 205 Å². The van der Waals surface area contributed by atoms with Crippen molar-refractivity contribution in [1.82, 2.24) is 34.2 Å². The molecule has 0 saturated heterocycles. The van der Waals surface area contributed by atoms with Crippen molar-refractivity contribution in [3.8, 4) is 0 Å². The van der Waals surface area contributed by atoms with Crippen molar-refractivity contribution in [3.05, 3.63) is 80.4 Å². The molecule has 3 aromatic heterocycles. The minimum absolute atomic E-state index is 0.127. The number of thioether (sulfide) groups is 1. The lowest BCUT2D eigenvalue weighted by atomic mass is 10.1. The molecule has 11 heteroatoms. The summed E-state index contributed by atoms with van der Waals surface area (Å²) in [4.78, 5) is 46.6. The topological polar surface area (TPSA) is 117 Å². The molecule has 0 spiro atoms. The Morgan fingerprint density at radius 1 is 1.23 bits per heavy atom. The highest BCUT2D eigenvalue weighted by atomic mass is 32.2. The maximum Gasteiger partial charge on any atom is 0.264 e. The van der Waals surface area contributed by atoms with Gasteiger partial charge < -0.3 is 5.32 Å². The predicted molar refractivity (Wildman–Crippen MR) is 133 cm³/mol. The Hall–Kier alpha value is -3.73. The maximum absolute atomic E-state index is 12.9. The number of aromatic nitrogens is 6. The summed E-state index contributed by atoms with van der Waals surface area (Å²) in [5.41, 5.74) is 3.06. The van der Waals surface area contributed by atoms with Gasteiger partial charge in [-0.2, -0.15) is 5.10 Å². The van der Waals surface area contributed by atoms with Gasteiger partial charge in [0.2, 0.25) is 5.91 Å². The number of benzene rings is 1. The number of carbonyl (C=O) groups excluding carboxylic acids is 1. The number of amides is 1. The fraction of sp³-hybridized carbons (Fsp3) is 0.333. The monoisotopic (exact) mass is 491 g/mol. The Morgan fingerprint density at radius 2 is 2.06 bits per heavy atom. The summed E-state index contributed by atoms with van der Waals surface area (Å²) in [7, 11) is 0. The molecule has 1 aliphatic rings. The molecule has 35 heavy (non-hydrogen) atoms. The summed E-state index contributed by atoms with van der Waals surface area (Å²) in [5.74, 6) is 0.489. The molecular weight excluding hydrogens is 466 g/mol. The van der Waals surface area contributed by atoms with Gasteiger partial charge in [-0.05, 0) is 25.0 Å². The van der Waals surface area contributed by atoms with Crippen LogP contribution in [0.5, 0.6) is 0 Å². The summed E-state index contributed by atoms with van der Waals surface area (Å²) < 4.78 is 4.80. The van der Waals surface area contributed by atoms with Crippen LogP contribution in [0.2, 0.25) is 0 Å². The van der Waals surface area contributed by atoms with E-state index in [1.165, 1.54) is 30.4 Å². The number of nitrogens with zero attached hydrogens (tertiary/aromatic N) is 6. The molecule has 0 fully saturated rings. The van der Waals surface area contributed by atoms with Gasteiger partial charge in [-0.3, -0.25) is 23.5 Å². The smallest absolute Gasteiger partial charge is 0.264 e. The van der Waals surface area contributed by atoms with Crippen LogP contribution >= 0.6 is 11.8 Å². The average Bonchev–Trinajstić information content (AvgIpc) is 3.41. The molecule has 1 N–H and O–H groups in total. The Kier molecular flexibility index (Phi) is 6.25. The SMILES string of the molecule is Cc1cc(=O)n2c(n1)SCC2CC(=O)NCCn1ncc2c(=O)n(Cc3ccccc3C)cnc21. The minimum Gasteiger partial charge on any atom is -0.354 e. The van der Waals surface area contributed by atoms with E-state index in [0.717, 1.165) is 11.1 Å². The zero-order valence-electron chi connectivity index (χ0n) is 19.5. The Balaban J connectivity index is 1.22. The van der Waals surface area contributed by atoms with Gasteiger partial charge in [0.1, 0.15) is 11.7 Å².